The van der Waals surface area contributed by atoms with Crippen molar-refractivity contribution in [2.45, 2.75) is 19.4 Å². The van der Waals surface area contributed by atoms with E-state index in [1.807, 2.05) is 30.3 Å². The molecular formula is C26H26N4O5. The van der Waals surface area contributed by atoms with Crippen LogP contribution in [0, 0.1) is 0 Å². The van der Waals surface area contributed by atoms with Crippen LogP contribution >= 0.6 is 0 Å². The molecule has 5 N–H and O–H groups in total. The smallest absolute Gasteiger partial charge is 0.343 e. The molecule has 180 valence electrons. The third kappa shape index (κ3) is 7.71. The average Bonchev–Trinajstić information content (AvgIpc) is 2.86. The van der Waals surface area contributed by atoms with Crippen molar-refractivity contribution in [2.24, 2.45) is 16.5 Å². The number of nitrogens with two attached hydrogens (primary N) is 2. The van der Waals surface area contributed by atoms with Crippen LogP contribution in [0.4, 0.5) is 5.69 Å². The molecule has 0 saturated heterocycles. The zero-order valence-corrected chi connectivity index (χ0v) is 19.1. The van der Waals surface area contributed by atoms with Crippen molar-refractivity contribution in [1.82, 2.24) is 5.32 Å². The number of rotatable bonds is 9. The highest BCUT2D eigenvalue weighted by molar-refractivity contribution is 5.91. The van der Waals surface area contributed by atoms with Crippen molar-refractivity contribution in [3.05, 3.63) is 95.6 Å². The van der Waals surface area contributed by atoms with Crippen LogP contribution in [0.25, 0.3) is 0 Å². The predicted molar refractivity (Wildman–Crippen MR) is 131 cm³/mol. The van der Waals surface area contributed by atoms with E-state index in [-0.39, 0.29) is 18.5 Å². The average molecular weight is 475 g/mol. The van der Waals surface area contributed by atoms with Gasteiger partial charge < -0.3 is 26.3 Å². The van der Waals surface area contributed by atoms with Gasteiger partial charge in [-0.1, -0.05) is 42.5 Å². The Balaban J connectivity index is 1.48. The number of aliphatic imine (C=N–C) groups is 1. The number of carbonyl (C=O) groups is 3. The highest BCUT2D eigenvalue weighted by atomic mass is 16.5. The maximum atomic E-state index is 12.4. The summed E-state index contributed by atoms with van der Waals surface area (Å²) in [6, 6.07) is 22.2. The molecule has 1 amide bonds. The molecule has 0 saturated carbocycles. The Morgan fingerprint density at radius 2 is 1.57 bits per heavy atom. The molecule has 3 aromatic carbocycles. The van der Waals surface area contributed by atoms with Crippen molar-refractivity contribution in [3.8, 4) is 5.75 Å². The number of nitrogens with one attached hydrogen (secondary N) is 1. The van der Waals surface area contributed by atoms with E-state index in [4.69, 9.17) is 20.9 Å². The Kier molecular flexibility index (Phi) is 8.55. The molecule has 0 spiro atoms. The van der Waals surface area contributed by atoms with Gasteiger partial charge >= 0.3 is 11.9 Å². The lowest BCUT2D eigenvalue weighted by atomic mass is 10.0. The minimum atomic E-state index is -0.607. The van der Waals surface area contributed by atoms with E-state index in [0.29, 0.717) is 29.1 Å². The summed E-state index contributed by atoms with van der Waals surface area (Å²) >= 11 is 0. The molecule has 35 heavy (non-hydrogen) atoms. The largest absolute Gasteiger partial charge is 0.455 e. The molecule has 1 unspecified atom stereocenters. The van der Waals surface area contributed by atoms with Crippen molar-refractivity contribution >= 4 is 29.5 Å². The number of ether oxygens (including phenoxy) is 2. The van der Waals surface area contributed by atoms with Gasteiger partial charge in [-0.3, -0.25) is 9.59 Å². The summed E-state index contributed by atoms with van der Waals surface area (Å²) in [5.41, 5.74) is 13.1. The number of amides is 1. The fourth-order valence-electron chi connectivity index (χ4n) is 3.06. The fourth-order valence-corrected chi connectivity index (χ4v) is 3.06. The number of carbonyl (C=O) groups excluding carboxylic acids is 3. The van der Waals surface area contributed by atoms with Crippen molar-refractivity contribution in [2.75, 3.05) is 6.61 Å². The van der Waals surface area contributed by atoms with Crippen molar-refractivity contribution in [3.63, 3.8) is 0 Å². The van der Waals surface area contributed by atoms with E-state index in [0.717, 1.165) is 5.56 Å². The van der Waals surface area contributed by atoms with Gasteiger partial charge in [-0.15, -0.1) is 0 Å². The zero-order chi connectivity index (χ0) is 25.2. The van der Waals surface area contributed by atoms with Gasteiger partial charge in [0.25, 0.3) is 5.91 Å². The van der Waals surface area contributed by atoms with Crippen LogP contribution in [0.2, 0.25) is 0 Å². The van der Waals surface area contributed by atoms with Gasteiger partial charge in [0.05, 0.1) is 17.2 Å². The Bertz CT molecular complexity index is 1190. The van der Waals surface area contributed by atoms with Gasteiger partial charge in [-0.05, 0) is 54.4 Å². The molecule has 9 heteroatoms. The normalized spacial score (nSPS) is 11.1. The maximum Gasteiger partial charge on any atom is 0.343 e. The zero-order valence-electron chi connectivity index (χ0n) is 19.1. The summed E-state index contributed by atoms with van der Waals surface area (Å²) in [5, 5.41) is 2.70. The lowest BCUT2D eigenvalue weighted by molar-refractivity contribution is -0.149. The molecule has 0 bridgehead atoms. The summed E-state index contributed by atoms with van der Waals surface area (Å²) in [5.74, 6) is -1.85. The first-order valence-electron chi connectivity index (χ1n) is 10.8. The van der Waals surface area contributed by atoms with Crippen LogP contribution in [0.1, 0.15) is 34.3 Å². The van der Waals surface area contributed by atoms with E-state index in [9.17, 15) is 14.4 Å². The Morgan fingerprint density at radius 1 is 0.914 bits per heavy atom. The van der Waals surface area contributed by atoms with Crippen molar-refractivity contribution < 1.29 is 23.9 Å². The number of hydrogen-bond donors (Lipinski definition) is 3. The minimum absolute atomic E-state index is 0.0788. The second kappa shape index (κ2) is 12.0. The first-order chi connectivity index (χ1) is 16.8. The molecule has 9 nitrogen and oxygen atoms in total. The SMILES string of the molecule is CC(C(=O)OCC(=O)NCc1ccccc1)c1ccc(OC(=O)c2ccc(N=C(N)N)cc2)cc1. The molecule has 3 aromatic rings. The molecule has 0 aliphatic carbocycles. The third-order valence-electron chi connectivity index (χ3n) is 4.98. The number of benzene rings is 3. The number of guanidine groups is 1. The van der Waals surface area contributed by atoms with Gasteiger partial charge in [0, 0.05) is 6.54 Å². The van der Waals surface area contributed by atoms with Crippen LogP contribution in [-0.4, -0.2) is 30.4 Å². The number of hydrogen-bond acceptors (Lipinski definition) is 6. The summed E-state index contributed by atoms with van der Waals surface area (Å²) in [7, 11) is 0. The molecule has 0 radical (unpaired) electrons. The van der Waals surface area contributed by atoms with E-state index in [1.54, 1.807) is 55.5 Å². The number of nitrogens with zero attached hydrogens (tertiary/aromatic N) is 1. The van der Waals surface area contributed by atoms with Crippen LogP contribution in [0.15, 0.2) is 83.9 Å². The summed E-state index contributed by atoms with van der Waals surface area (Å²) in [4.78, 5) is 40.5. The van der Waals surface area contributed by atoms with Gasteiger partial charge in [0.15, 0.2) is 12.6 Å². The van der Waals surface area contributed by atoms with Gasteiger partial charge in [0.2, 0.25) is 0 Å². The highest BCUT2D eigenvalue weighted by Crippen LogP contribution is 2.22. The summed E-state index contributed by atoms with van der Waals surface area (Å²) < 4.78 is 10.5. The van der Waals surface area contributed by atoms with Gasteiger partial charge in [-0.25, -0.2) is 9.79 Å². The summed E-state index contributed by atoms with van der Waals surface area (Å²) in [6.45, 7) is 1.66. The quantitative estimate of drug-likeness (QED) is 0.187. The van der Waals surface area contributed by atoms with Crippen LogP contribution in [-0.2, 0) is 20.9 Å². The van der Waals surface area contributed by atoms with Crippen LogP contribution in [0.5, 0.6) is 5.75 Å². The second-order valence-corrected chi connectivity index (χ2v) is 7.63. The number of esters is 2. The minimum Gasteiger partial charge on any atom is -0.455 e. The third-order valence-corrected chi connectivity index (χ3v) is 4.98. The molecule has 0 aliphatic heterocycles. The topological polar surface area (TPSA) is 146 Å². The second-order valence-electron chi connectivity index (χ2n) is 7.63. The standard InChI is InChI=1S/C26H26N4O5/c1-17(24(32)34-16-23(31)29-15-18-5-3-2-4-6-18)19-9-13-22(14-10-19)35-25(33)20-7-11-21(12-8-20)30-26(27)28/h2-14,17H,15-16H2,1H3,(H,29,31)(H4,27,28,30). The Hall–Kier alpha value is -4.66. The maximum absolute atomic E-state index is 12.4. The van der Waals surface area contributed by atoms with E-state index < -0.39 is 17.9 Å². The predicted octanol–water partition coefficient (Wildman–Crippen LogP) is 2.77. The van der Waals surface area contributed by atoms with Crippen LogP contribution < -0.4 is 21.5 Å². The molecular weight excluding hydrogens is 448 g/mol. The van der Waals surface area contributed by atoms with Gasteiger partial charge in [-0.2, -0.15) is 0 Å². The molecule has 0 aromatic heterocycles. The lowest BCUT2D eigenvalue weighted by Crippen LogP contribution is -2.29. The first-order valence-corrected chi connectivity index (χ1v) is 10.8. The fraction of sp³-hybridized carbons (Fsp3) is 0.154. The van der Waals surface area contributed by atoms with Gasteiger partial charge in [0.1, 0.15) is 5.75 Å². The lowest BCUT2D eigenvalue weighted by Gasteiger charge is -2.13. The van der Waals surface area contributed by atoms with Crippen LogP contribution in [0.3, 0.4) is 0 Å². The molecule has 0 heterocycles. The molecule has 0 fully saturated rings. The molecule has 0 aliphatic rings. The first kappa shape index (κ1) is 25.0. The highest BCUT2D eigenvalue weighted by Gasteiger charge is 2.18. The Morgan fingerprint density at radius 3 is 2.20 bits per heavy atom. The Labute approximate surface area is 202 Å². The summed E-state index contributed by atoms with van der Waals surface area (Å²) in [6.07, 6.45) is 0. The van der Waals surface area contributed by atoms with E-state index in [2.05, 4.69) is 10.3 Å². The molecule has 3 rings (SSSR count). The van der Waals surface area contributed by atoms with Crippen molar-refractivity contribution in [1.29, 1.82) is 0 Å². The molecule has 1 atom stereocenters. The van der Waals surface area contributed by atoms with E-state index in [1.165, 1.54) is 0 Å². The van der Waals surface area contributed by atoms with E-state index >= 15 is 0 Å². The monoisotopic (exact) mass is 474 g/mol.